The first-order chi connectivity index (χ1) is 11.8. The van der Waals surface area contributed by atoms with Crippen LogP contribution in [0.25, 0.3) is 0 Å². The largest absolute Gasteiger partial charge is 0.464 e. The number of ketones is 1. The highest BCUT2D eigenvalue weighted by atomic mass is 79.9. The van der Waals surface area contributed by atoms with Crippen molar-refractivity contribution in [3.63, 3.8) is 0 Å². The normalized spacial score (nSPS) is 10.7. The molecule has 8 heteroatoms. The van der Waals surface area contributed by atoms with Crippen LogP contribution in [0, 0.1) is 0 Å². The minimum absolute atomic E-state index is 0.0218. The number of benzene rings is 1. The molecule has 0 aliphatic rings. The number of nitrogens with one attached hydrogen (secondary N) is 1. The number of carbonyl (C=O) groups excluding carboxylic acids is 4. The van der Waals surface area contributed by atoms with Crippen LogP contribution in [0.1, 0.15) is 37.6 Å². The van der Waals surface area contributed by atoms with E-state index < -0.39 is 35.6 Å². The number of carbonyl (C=O) groups is 4. The van der Waals surface area contributed by atoms with Crippen molar-refractivity contribution >= 4 is 39.6 Å². The van der Waals surface area contributed by atoms with Crippen molar-refractivity contribution in [1.82, 2.24) is 5.32 Å². The first-order valence-electron chi connectivity index (χ1n) is 7.68. The maximum Gasteiger partial charge on any atom is 0.344 e. The van der Waals surface area contributed by atoms with Gasteiger partial charge in [-0.05, 0) is 26.0 Å². The van der Waals surface area contributed by atoms with Gasteiger partial charge in [0.05, 0.1) is 19.6 Å². The zero-order valence-corrected chi connectivity index (χ0v) is 15.8. The smallest absolute Gasteiger partial charge is 0.344 e. The summed E-state index contributed by atoms with van der Waals surface area (Å²) in [6, 6.07) is 6.40. The van der Waals surface area contributed by atoms with Gasteiger partial charge in [-0.1, -0.05) is 28.1 Å². The number of rotatable bonds is 8. The van der Waals surface area contributed by atoms with Gasteiger partial charge in [-0.2, -0.15) is 0 Å². The Morgan fingerprint density at radius 3 is 1.88 bits per heavy atom. The summed E-state index contributed by atoms with van der Waals surface area (Å²) >= 11 is 3.26. The third kappa shape index (κ3) is 5.38. The number of hydrogen-bond acceptors (Lipinski definition) is 6. The van der Waals surface area contributed by atoms with E-state index in [0.717, 1.165) is 11.4 Å². The van der Waals surface area contributed by atoms with Gasteiger partial charge in [0.25, 0.3) is 0 Å². The van der Waals surface area contributed by atoms with E-state index in [9.17, 15) is 19.2 Å². The second kappa shape index (κ2) is 9.31. The molecule has 0 fully saturated rings. The Labute approximate surface area is 154 Å². The molecule has 0 radical (unpaired) electrons. The minimum atomic E-state index is -2.22. The van der Waals surface area contributed by atoms with Crippen LogP contribution in [0.3, 0.4) is 0 Å². The first kappa shape index (κ1) is 20.8. The van der Waals surface area contributed by atoms with Crippen molar-refractivity contribution in [1.29, 1.82) is 0 Å². The van der Waals surface area contributed by atoms with Crippen LogP contribution >= 0.6 is 15.9 Å². The molecular formula is C17H20BrNO6. The zero-order valence-electron chi connectivity index (χ0n) is 14.3. The van der Waals surface area contributed by atoms with Gasteiger partial charge in [-0.15, -0.1) is 0 Å². The molecular weight excluding hydrogens is 394 g/mol. The summed E-state index contributed by atoms with van der Waals surface area (Å²) in [4.78, 5) is 49.1. The number of ether oxygens (including phenoxy) is 2. The Morgan fingerprint density at radius 1 is 1.00 bits per heavy atom. The van der Waals surface area contributed by atoms with Crippen molar-refractivity contribution in [2.45, 2.75) is 32.7 Å². The molecule has 0 aromatic heterocycles. The molecule has 0 atom stereocenters. The second-order valence-corrected chi connectivity index (χ2v) is 6.05. The number of Topliss-reactive ketones (excluding diaryl/α,β-unsaturated/α-hetero) is 1. The lowest BCUT2D eigenvalue weighted by atomic mass is 9.90. The zero-order chi connectivity index (χ0) is 19.0. The van der Waals surface area contributed by atoms with Gasteiger partial charge in [0.2, 0.25) is 11.4 Å². The lowest BCUT2D eigenvalue weighted by Crippen LogP contribution is -2.62. The fourth-order valence-corrected chi connectivity index (χ4v) is 2.43. The van der Waals surface area contributed by atoms with Crippen LogP contribution in [-0.2, 0) is 23.9 Å². The average Bonchev–Trinajstić information content (AvgIpc) is 2.54. The molecule has 136 valence electrons. The summed E-state index contributed by atoms with van der Waals surface area (Å²) in [6.07, 6.45) is -0.605. The molecule has 25 heavy (non-hydrogen) atoms. The summed E-state index contributed by atoms with van der Waals surface area (Å²) < 4.78 is 10.6. The summed E-state index contributed by atoms with van der Waals surface area (Å²) in [7, 11) is 0. The number of halogens is 1. The lowest BCUT2D eigenvalue weighted by Gasteiger charge is -2.29. The van der Waals surface area contributed by atoms with E-state index in [-0.39, 0.29) is 18.8 Å². The molecule has 7 nitrogen and oxygen atoms in total. The molecule has 0 spiro atoms. The molecule has 1 rings (SSSR count). The summed E-state index contributed by atoms with van der Waals surface area (Å²) in [5, 5.41) is 2.26. The quantitative estimate of drug-likeness (QED) is 0.397. The van der Waals surface area contributed by atoms with E-state index in [1.54, 1.807) is 38.1 Å². The molecule has 1 N–H and O–H groups in total. The van der Waals surface area contributed by atoms with Gasteiger partial charge in [0.1, 0.15) is 0 Å². The van der Waals surface area contributed by atoms with Crippen molar-refractivity contribution in [2.24, 2.45) is 0 Å². The molecule has 0 heterocycles. The summed E-state index contributed by atoms with van der Waals surface area (Å²) in [6.45, 7) is 4.20. The molecule has 0 bridgehead atoms. The van der Waals surface area contributed by atoms with Gasteiger partial charge in [0.15, 0.2) is 5.78 Å². The number of esters is 2. The molecule has 0 aliphatic heterocycles. The lowest BCUT2D eigenvalue weighted by molar-refractivity contribution is -0.167. The Bertz CT molecular complexity index is 638. The van der Waals surface area contributed by atoms with Crippen molar-refractivity contribution in [3.8, 4) is 0 Å². The second-order valence-electron chi connectivity index (χ2n) is 5.13. The molecule has 1 aromatic rings. The van der Waals surface area contributed by atoms with E-state index >= 15 is 0 Å². The van der Waals surface area contributed by atoms with Crippen LogP contribution in [0.15, 0.2) is 28.7 Å². The molecule has 0 saturated heterocycles. The Kier molecular flexibility index (Phi) is 7.76. The first-order valence-corrected chi connectivity index (χ1v) is 8.48. The van der Waals surface area contributed by atoms with Crippen molar-refractivity contribution in [2.75, 3.05) is 13.2 Å². The predicted octanol–water partition coefficient (Wildman–Crippen LogP) is 2.02. The third-order valence-electron chi connectivity index (χ3n) is 3.23. The van der Waals surface area contributed by atoms with Gasteiger partial charge in [0, 0.05) is 17.0 Å². The van der Waals surface area contributed by atoms with E-state index in [2.05, 4.69) is 21.2 Å². The molecule has 0 unspecified atom stereocenters. The Morgan fingerprint density at radius 2 is 1.48 bits per heavy atom. The maximum atomic E-state index is 12.6. The number of hydrogen-bond donors (Lipinski definition) is 1. The number of amides is 1. The van der Waals surface area contributed by atoms with Crippen LogP contribution in [0.5, 0.6) is 0 Å². The fraction of sp³-hybridized carbons (Fsp3) is 0.412. The molecule has 1 amide bonds. The van der Waals surface area contributed by atoms with Crippen molar-refractivity contribution < 1.29 is 28.7 Å². The minimum Gasteiger partial charge on any atom is -0.464 e. The topological polar surface area (TPSA) is 98.8 Å². The van der Waals surface area contributed by atoms with Gasteiger partial charge < -0.3 is 14.8 Å². The summed E-state index contributed by atoms with van der Waals surface area (Å²) in [5.41, 5.74) is -1.94. The predicted molar refractivity (Wildman–Crippen MR) is 92.9 cm³/mol. The van der Waals surface area contributed by atoms with E-state index in [0.29, 0.717) is 0 Å². The molecule has 0 aliphatic carbocycles. The Hall–Kier alpha value is -2.22. The monoisotopic (exact) mass is 413 g/mol. The van der Waals surface area contributed by atoms with Gasteiger partial charge in [-0.25, -0.2) is 9.59 Å². The van der Waals surface area contributed by atoms with Crippen LogP contribution in [0.4, 0.5) is 0 Å². The van der Waals surface area contributed by atoms with Crippen LogP contribution < -0.4 is 5.32 Å². The highest BCUT2D eigenvalue weighted by Crippen LogP contribution is 2.21. The molecule has 1 aromatic carbocycles. The maximum absolute atomic E-state index is 12.6. The van der Waals surface area contributed by atoms with E-state index in [1.807, 2.05) is 0 Å². The SMILES string of the molecule is CCOC(=O)C(CC(=O)c1ccc(Br)cc1)(NC(C)=O)C(=O)OCC. The van der Waals surface area contributed by atoms with Crippen LogP contribution in [-0.4, -0.2) is 42.4 Å². The fourth-order valence-electron chi connectivity index (χ4n) is 2.16. The molecule has 0 saturated carbocycles. The van der Waals surface area contributed by atoms with Crippen LogP contribution in [0.2, 0.25) is 0 Å². The highest BCUT2D eigenvalue weighted by molar-refractivity contribution is 9.10. The Balaban J connectivity index is 3.28. The summed E-state index contributed by atoms with van der Waals surface area (Å²) in [5.74, 6) is -3.24. The highest BCUT2D eigenvalue weighted by Gasteiger charge is 2.51. The van der Waals surface area contributed by atoms with Gasteiger partial charge in [-0.3, -0.25) is 9.59 Å². The van der Waals surface area contributed by atoms with E-state index in [1.165, 1.54) is 0 Å². The standard InChI is InChI=1S/C17H20BrNO6/c1-4-24-15(22)17(19-11(3)20,16(23)25-5-2)10-14(21)12-6-8-13(18)9-7-12/h6-9H,4-5,10H2,1-3H3,(H,19,20). The van der Waals surface area contributed by atoms with Gasteiger partial charge >= 0.3 is 11.9 Å². The van der Waals surface area contributed by atoms with E-state index in [4.69, 9.17) is 9.47 Å². The van der Waals surface area contributed by atoms with Crippen molar-refractivity contribution in [3.05, 3.63) is 34.3 Å². The third-order valence-corrected chi connectivity index (χ3v) is 3.76. The average molecular weight is 414 g/mol.